The van der Waals surface area contributed by atoms with Gasteiger partial charge in [0, 0.05) is 23.2 Å². The van der Waals surface area contributed by atoms with Crippen molar-refractivity contribution in [1.82, 2.24) is 4.72 Å². The first-order valence-corrected chi connectivity index (χ1v) is 13.1. The Morgan fingerprint density at radius 1 is 1.03 bits per heavy atom. The molecule has 11 heteroatoms. The van der Waals surface area contributed by atoms with E-state index in [0.717, 1.165) is 24.0 Å². The lowest BCUT2D eigenvalue weighted by molar-refractivity contribution is -0.137. The van der Waals surface area contributed by atoms with Gasteiger partial charge in [-0.1, -0.05) is 30.3 Å². The van der Waals surface area contributed by atoms with Crippen LogP contribution in [0.3, 0.4) is 0 Å². The molecule has 3 aromatic carbocycles. The van der Waals surface area contributed by atoms with E-state index in [4.69, 9.17) is 4.74 Å². The highest BCUT2D eigenvalue weighted by molar-refractivity contribution is 7.89. The van der Waals surface area contributed by atoms with Gasteiger partial charge in [-0.3, -0.25) is 14.3 Å². The zero-order valence-corrected chi connectivity index (χ0v) is 20.5. The maximum absolute atomic E-state index is 12.9. The SMILES string of the molecule is CS(=O)(=O)NC(=O)Cc1cccc(CCOc2cccc3c2CN(c2ccc(C(F)(F)F)cc2)C3=O)c1. The number of alkyl halides is 3. The van der Waals surface area contributed by atoms with E-state index in [-0.39, 0.29) is 25.5 Å². The summed E-state index contributed by atoms with van der Waals surface area (Å²) in [6, 6.07) is 16.6. The van der Waals surface area contributed by atoms with Crippen LogP contribution in [0.5, 0.6) is 5.75 Å². The number of amides is 2. The zero-order chi connectivity index (χ0) is 26.8. The maximum Gasteiger partial charge on any atom is 0.416 e. The van der Waals surface area contributed by atoms with E-state index in [2.05, 4.69) is 0 Å². The van der Waals surface area contributed by atoms with Gasteiger partial charge in [-0.15, -0.1) is 0 Å². The predicted octanol–water partition coefficient (Wildman–Crippen LogP) is 4.11. The van der Waals surface area contributed by atoms with Crippen LogP contribution in [0.2, 0.25) is 0 Å². The van der Waals surface area contributed by atoms with Crippen LogP contribution in [0.15, 0.2) is 66.7 Å². The average Bonchev–Trinajstić information content (AvgIpc) is 3.15. The predicted molar refractivity (Wildman–Crippen MR) is 131 cm³/mol. The molecule has 0 aliphatic carbocycles. The first-order chi connectivity index (χ1) is 17.4. The minimum atomic E-state index is -4.46. The molecule has 0 spiro atoms. The van der Waals surface area contributed by atoms with Gasteiger partial charge >= 0.3 is 6.18 Å². The molecular formula is C26H23F3N2O5S. The number of fused-ring (bicyclic) bond motifs is 1. The number of benzene rings is 3. The number of hydrogen-bond acceptors (Lipinski definition) is 5. The number of rotatable bonds is 8. The van der Waals surface area contributed by atoms with Crippen molar-refractivity contribution < 1.29 is 35.9 Å². The summed E-state index contributed by atoms with van der Waals surface area (Å²) in [4.78, 5) is 26.2. The molecule has 1 aliphatic heterocycles. The van der Waals surface area contributed by atoms with Crippen LogP contribution in [0.25, 0.3) is 0 Å². The Balaban J connectivity index is 1.40. The number of carbonyl (C=O) groups excluding carboxylic acids is 2. The van der Waals surface area contributed by atoms with Crippen molar-refractivity contribution >= 4 is 27.5 Å². The third kappa shape index (κ3) is 6.48. The summed E-state index contributed by atoms with van der Waals surface area (Å²) < 4.78 is 69.0. The van der Waals surface area contributed by atoms with Crippen LogP contribution in [0.4, 0.5) is 18.9 Å². The Morgan fingerprint density at radius 2 is 1.70 bits per heavy atom. The van der Waals surface area contributed by atoms with E-state index in [1.54, 1.807) is 36.4 Å². The smallest absolute Gasteiger partial charge is 0.416 e. The normalized spacial score (nSPS) is 13.4. The lowest BCUT2D eigenvalue weighted by atomic mass is 10.1. The third-order valence-corrected chi connectivity index (χ3v) is 6.33. The number of sulfonamides is 1. The van der Waals surface area contributed by atoms with Crippen LogP contribution in [0, 0.1) is 0 Å². The Hall–Kier alpha value is -3.86. The van der Waals surface area contributed by atoms with E-state index in [9.17, 15) is 31.2 Å². The second kappa shape index (κ2) is 10.3. The van der Waals surface area contributed by atoms with Gasteiger partial charge in [0.15, 0.2) is 0 Å². The quantitative estimate of drug-likeness (QED) is 0.472. The summed E-state index contributed by atoms with van der Waals surface area (Å²) in [7, 11) is -3.63. The van der Waals surface area contributed by atoms with E-state index >= 15 is 0 Å². The molecule has 0 fully saturated rings. The average molecular weight is 533 g/mol. The number of carbonyl (C=O) groups is 2. The van der Waals surface area contributed by atoms with Crippen molar-refractivity contribution in [3.8, 4) is 5.75 Å². The van der Waals surface area contributed by atoms with Gasteiger partial charge < -0.3 is 9.64 Å². The molecule has 3 aromatic rings. The van der Waals surface area contributed by atoms with Crippen molar-refractivity contribution in [2.45, 2.75) is 25.6 Å². The molecular weight excluding hydrogens is 509 g/mol. The first kappa shape index (κ1) is 26.2. The zero-order valence-electron chi connectivity index (χ0n) is 19.7. The molecule has 0 saturated heterocycles. The van der Waals surface area contributed by atoms with Crippen molar-refractivity contribution in [2.24, 2.45) is 0 Å². The van der Waals surface area contributed by atoms with Crippen LogP contribution < -0.4 is 14.4 Å². The highest BCUT2D eigenvalue weighted by Gasteiger charge is 2.33. The molecule has 194 valence electrons. The summed E-state index contributed by atoms with van der Waals surface area (Å²) in [5.74, 6) is -0.442. The fourth-order valence-electron chi connectivity index (χ4n) is 4.08. The van der Waals surface area contributed by atoms with Crippen LogP contribution in [-0.2, 0) is 40.4 Å². The third-order valence-electron chi connectivity index (χ3n) is 5.73. The van der Waals surface area contributed by atoms with Crippen LogP contribution in [0.1, 0.15) is 32.6 Å². The molecule has 37 heavy (non-hydrogen) atoms. The van der Waals surface area contributed by atoms with Gasteiger partial charge in [0.05, 0.1) is 31.4 Å². The van der Waals surface area contributed by atoms with Crippen LogP contribution in [-0.4, -0.2) is 33.1 Å². The number of halogens is 3. The lowest BCUT2D eigenvalue weighted by Crippen LogP contribution is -2.30. The largest absolute Gasteiger partial charge is 0.493 e. The molecule has 1 heterocycles. The first-order valence-electron chi connectivity index (χ1n) is 11.2. The minimum absolute atomic E-state index is 0.0874. The molecule has 7 nitrogen and oxygen atoms in total. The molecule has 0 saturated carbocycles. The summed E-state index contributed by atoms with van der Waals surface area (Å²) in [5.41, 5.74) is 2.17. The Morgan fingerprint density at radius 3 is 2.38 bits per heavy atom. The summed E-state index contributed by atoms with van der Waals surface area (Å²) in [5, 5.41) is 0. The highest BCUT2D eigenvalue weighted by atomic mass is 32.2. The highest BCUT2D eigenvalue weighted by Crippen LogP contribution is 2.36. The van der Waals surface area contributed by atoms with E-state index in [1.807, 2.05) is 10.8 Å². The van der Waals surface area contributed by atoms with Gasteiger partial charge in [0.1, 0.15) is 5.75 Å². The van der Waals surface area contributed by atoms with E-state index < -0.39 is 27.7 Å². The number of nitrogens with zero attached hydrogens (tertiary/aromatic N) is 1. The fraction of sp³-hybridized carbons (Fsp3) is 0.231. The molecule has 0 atom stereocenters. The van der Waals surface area contributed by atoms with E-state index in [1.165, 1.54) is 17.0 Å². The number of ether oxygens (including phenoxy) is 1. The van der Waals surface area contributed by atoms with Crippen LogP contribution >= 0.6 is 0 Å². The number of nitrogens with one attached hydrogen (secondary N) is 1. The Kier molecular flexibility index (Phi) is 7.26. The maximum atomic E-state index is 12.9. The van der Waals surface area contributed by atoms with Crippen molar-refractivity contribution in [2.75, 3.05) is 17.8 Å². The summed E-state index contributed by atoms with van der Waals surface area (Å²) in [6.45, 7) is 0.435. The monoisotopic (exact) mass is 532 g/mol. The number of anilines is 1. The number of hydrogen-bond donors (Lipinski definition) is 1. The Labute approximate surface area is 211 Å². The fourth-order valence-corrected chi connectivity index (χ4v) is 4.57. The lowest BCUT2D eigenvalue weighted by Gasteiger charge is -2.17. The molecule has 2 amide bonds. The van der Waals surface area contributed by atoms with Crippen molar-refractivity contribution in [3.63, 3.8) is 0 Å². The van der Waals surface area contributed by atoms with Gasteiger partial charge in [0.25, 0.3) is 5.91 Å². The topological polar surface area (TPSA) is 92.8 Å². The Bertz CT molecular complexity index is 1440. The summed E-state index contributed by atoms with van der Waals surface area (Å²) in [6.07, 6.45) is -3.15. The summed E-state index contributed by atoms with van der Waals surface area (Å²) >= 11 is 0. The van der Waals surface area contributed by atoms with Gasteiger partial charge in [0.2, 0.25) is 15.9 Å². The van der Waals surface area contributed by atoms with Gasteiger partial charge in [-0.25, -0.2) is 8.42 Å². The van der Waals surface area contributed by atoms with Gasteiger partial charge in [-0.05, 0) is 47.5 Å². The molecule has 0 radical (unpaired) electrons. The van der Waals surface area contributed by atoms with Crippen molar-refractivity contribution in [1.29, 1.82) is 0 Å². The minimum Gasteiger partial charge on any atom is -0.493 e. The second-order valence-electron chi connectivity index (χ2n) is 8.61. The second-order valence-corrected chi connectivity index (χ2v) is 10.4. The molecule has 1 aliphatic rings. The molecule has 0 unspecified atom stereocenters. The molecule has 1 N–H and O–H groups in total. The molecule has 4 rings (SSSR count). The standard InChI is InChI=1S/C26H23F3N2O5S/c1-37(34,35)30-24(32)15-18-5-2-4-17(14-18)12-13-36-23-7-3-6-21-22(23)16-31(25(21)33)20-10-8-19(9-11-20)26(27,28)29/h2-11,14H,12-13,15-16H2,1H3,(H,30,32). The van der Waals surface area contributed by atoms with E-state index in [0.29, 0.717) is 34.5 Å². The molecule has 0 bridgehead atoms. The molecule has 0 aromatic heterocycles. The van der Waals surface area contributed by atoms with Gasteiger partial charge in [-0.2, -0.15) is 13.2 Å². The van der Waals surface area contributed by atoms with Crippen molar-refractivity contribution in [3.05, 3.63) is 94.5 Å².